The van der Waals surface area contributed by atoms with Gasteiger partial charge >= 0.3 is 0 Å². The smallest absolute Gasteiger partial charge is 0.274 e. The number of aryl methyl sites for hydroxylation is 1. The normalized spacial score (nSPS) is 10.4. The van der Waals surface area contributed by atoms with Crippen molar-refractivity contribution in [3.05, 3.63) is 69.3 Å². The Bertz CT molecular complexity index is 817. The second-order valence-electron chi connectivity index (χ2n) is 5.94. The molecule has 0 aliphatic rings. The molecule has 0 aliphatic carbocycles. The molecule has 0 spiro atoms. The molecule has 0 radical (unpaired) electrons. The quantitative estimate of drug-likeness (QED) is 0.488. The van der Waals surface area contributed by atoms with Gasteiger partial charge in [-0.25, -0.2) is 0 Å². The van der Waals surface area contributed by atoms with E-state index in [4.69, 9.17) is 12.2 Å². The van der Waals surface area contributed by atoms with Crippen molar-refractivity contribution >= 4 is 34.6 Å². The molecular formula is C18H19N3O3S. The van der Waals surface area contributed by atoms with Crippen LogP contribution >= 0.6 is 12.2 Å². The summed E-state index contributed by atoms with van der Waals surface area (Å²) in [6.45, 7) is 5.81. The molecule has 2 N–H and O–H groups in total. The molecule has 25 heavy (non-hydrogen) atoms. The molecule has 2 aromatic carbocycles. The third-order valence-electron chi connectivity index (χ3n) is 3.73. The average molecular weight is 357 g/mol. The fourth-order valence-electron chi connectivity index (χ4n) is 2.24. The zero-order valence-corrected chi connectivity index (χ0v) is 15.0. The molecular weight excluding hydrogens is 338 g/mol. The minimum Gasteiger partial charge on any atom is -0.332 e. The SMILES string of the molecule is Cc1ccc(NC(=S)NC(=O)c2ccc(C(C)C)cc2)cc1[N+](=O)[O-]. The minimum absolute atomic E-state index is 0.0107. The van der Waals surface area contributed by atoms with Gasteiger partial charge in [0.1, 0.15) is 0 Å². The van der Waals surface area contributed by atoms with Crippen LogP contribution in [0.2, 0.25) is 0 Å². The lowest BCUT2D eigenvalue weighted by atomic mass is 10.0. The molecule has 2 rings (SSSR count). The monoisotopic (exact) mass is 357 g/mol. The Morgan fingerprint density at radius 2 is 1.80 bits per heavy atom. The van der Waals surface area contributed by atoms with Crippen molar-refractivity contribution in [2.75, 3.05) is 5.32 Å². The highest BCUT2D eigenvalue weighted by Crippen LogP contribution is 2.22. The Hall–Kier alpha value is -2.80. The zero-order chi connectivity index (χ0) is 18.6. The Labute approximate surface area is 151 Å². The first-order chi connectivity index (χ1) is 11.8. The van der Waals surface area contributed by atoms with Crippen LogP contribution in [0, 0.1) is 17.0 Å². The highest BCUT2D eigenvalue weighted by atomic mass is 32.1. The Morgan fingerprint density at radius 3 is 2.36 bits per heavy atom. The van der Waals surface area contributed by atoms with Crippen LogP contribution in [-0.2, 0) is 0 Å². The molecule has 0 saturated carbocycles. The van der Waals surface area contributed by atoms with Crippen molar-refractivity contribution in [2.45, 2.75) is 26.7 Å². The molecule has 130 valence electrons. The number of anilines is 1. The summed E-state index contributed by atoms with van der Waals surface area (Å²) in [5.74, 6) is 0.0478. The lowest BCUT2D eigenvalue weighted by Gasteiger charge is -2.11. The standard InChI is InChI=1S/C18H19N3O3S/c1-11(2)13-5-7-14(8-6-13)17(22)20-18(25)19-15-9-4-12(3)16(10-15)21(23)24/h4-11H,1-3H3,(H2,19,20,22,25). The summed E-state index contributed by atoms with van der Waals surface area (Å²) < 4.78 is 0. The number of benzene rings is 2. The second-order valence-corrected chi connectivity index (χ2v) is 6.35. The number of nitrogens with zero attached hydrogens (tertiary/aromatic N) is 1. The summed E-state index contributed by atoms with van der Waals surface area (Å²) in [4.78, 5) is 22.7. The van der Waals surface area contributed by atoms with Crippen molar-refractivity contribution in [3.63, 3.8) is 0 Å². The molecule has 0 atom stereocenters. The van der Waals surface area contributed by atoms with Gasteiger partial charge in [-0.3, -0.25) is 20.2 Å². The maximum atomic E-state index is 12.2. The molecule has 0 fully saturated rings. The van der Waals surface area contributed by atoms with E-state index >= 15 is 0 Å². The number of nitro benzene ring substituents is 1. The first-order valence-electron chi connectivity index (χ1n) is 7.75. The van der Waals surface area contributed by atoms with Crippen LogP contribution < -0.4 is 10.6 Å². The predicted octanol–water partition coefficient (Wildman–Crippen LogP) is 4.15. The zero-order valence-electron chi connectivity index (χ0n) is 14.2. The summed E-state index contributed by atoms with van der Waals surface area (Å²) in [5, 5.41) is 16.4. The maximum Gasteiger partial charge on any atom is 0.274 e. The first kappa shape index (κ1) is 18.5. The third kappa shape index (κ3) is 4.84. The fourth-order valence-corrected chi connectivity index (χ4v) is 2.45. The Kier molecular flexibility index (Phi) is 5.82. The summed E-state index contributed by atoms with van der Waals surface area (Å²) in [6.07, 6.45) is 0. The highest BCUT2D eigenvalue weighted by Gasteiger charge is 2.13. The van der Waals surface area contributed by atoms with E-state index < -0.39 is 4.92 Å². The molecule has 7 heteroatoms. The number of nitrogens with one attached hydrogen (secondary N) is 2. The number of thiocarbonyl (C=S) groups is 1. The molecule has 0 unspecified atom stereocenters. The number of nitro groups is 1. The second kappa shape index (κ2) is 7.85. The van der Waals surface area contributed by atoms with Crippen LogP contribution in [0.4, 0.5) is 11.4 Å². The summed E-state index contributed by atoms with van der Waals surface area (Å²) in [5.41, 5.74) is 2.62. The van der Waals surface area contributed by atoms with E-state index in [0.29, 0.717) is 22.7 Å². The van der Waals surface area contributed by atoms with E-state index in [-0.39, 0.29) is 16.7 Å². The van der Waals surface area contributed by atoms with Crippen molar-refractivity contribution in [3.8, 4) is 0 Å². The topological polar surface area (TPSA) is 84.3 Å². The first-order valence-corrected chi connectivity index (χ1v) is 8.16. The Balaban J connectivity index is 2.03. The predicted molar refractivity (Wildman–Crippen MR) is 102 cm³/mol. The van der Waals surface area contributed by atoms with E-state index in [2.05, 4.69) is 24.5 Å². The van der Waals surface area contributed by atoms with Gasteiger partial charge in [0.15, 0.2) is 5.11 Å². The van der Waals surface area contributed by atoms with Gasteiger partial charge in [-0.1, -0.05) is 32.0 Å². The van der Waals surface area contributed by atoms with Crippen LogP contribution in [0.15, 0.2) is 42.5 Å². The number of carbonyl (C=O) groups excluding carboxylic acids is 1. The molecule has 1 amide bonds. The third-order valence-corrected chi connectivity index (χ3v) is 3.93. The van der Waals surface area contributed by atoms with Gasteiger partial charge in [0.05, 0.1) is 4.92 Å². The van der Waals surface area contributed by atoms with Gasteiger partial charge < -0.3 is 5.32 Å². The van der Waals surface area contributed by atoms with Crippen molar-refractivity contribution in [1.29, 1.82) is 0 Å². The number of hydrogen-bond donors (Lipinski definition) is 2. The molecule has 6 nitrogen and oxygen atoms in total. The van der Waals surface area contributed by atoms with Crippen LogP contribution in [-0.4, -0.2) is 15.9 Å². The van der Waals surface area contributed by atoms with Gasteiger partial charge in [-0.05, 0) is 48.8 Å². The minimum atomic E-state index is -0.460. The van der Waals surface area contributed by atoms with Crippen LogP contribution in [0.5, 0.6) is 0 Å². The molecule has 0 bridgehead atoms. The molecule has 0 aromatic heterocycles. The van der Waals surface area contributed by atoms with E-state index in [0.717, 1.165) is 5.56 Å². The molecule has 2 aromatic rings. The van der Waals surface area contributed by atoms with Gasteiger partial charge in [0.2, 0.25) is 0 Å². The number of amides is 1. The van der Waals surface area contributed by atoms with E-state index in [1.807, 2.05) is 12.1 Å². The number of rotatable bonds is 4. The van der Waals surface area contributed by atoms with Gasteiger partial charge in [0.25, 0.3) is 11.6 Å². The number of carbonyl (C=O) groups is 1. The van der Waals surface area contributed by atoms with Crippen LogP contribution in [0.3, 0.4) is 0 Å². The summed E-state index contributed by atoms with van der Waals surface area (Å²) >= 11 is 5.11. The van der Waals surface area contributed by atoms with E-state index in [1.165, 1.54) is 6.07 Å². The van der Waals surface area contributed by atoms with Crippen molar-refractivity contribution in [2.24, 2.45) is 0 Å². The average Bonchev–Trinajstić information content (AvgIpc) is 2.56. The Morgan fingerprint density at radius 1 is 1.16 bits per heavy atom. The largest absolute Gasteiger partial charge is 0.332 e. The highest BCUT2D eigenvalue weighted by molar-refractivity contribution is 7.80. The summed E-state index contributed by atoms with van der Waals surface area (Å²) in [7, 11) is 0. The molecule has 0 heterocycles. The molecule has 0 aliphatic heterocycles. The van der Waals surface area contributed by atoms with E-state index in [1.54, 1.807) is 31.2 Å². The van der Waals surface area contributed by atoms with Crippen LogP contribution in [0.25, 0.3) is 0 Å². The van der Waals surface area contributed by atoms with Crippen molar-refractivity contribution in [1.82, 2.24) is 5.32 Å². The fraction of sp³-hybridized carbons (Fsp3) is 0.222. The maximum absolute atomic E-state index is 12.2. The lowest BCUT2D eigenvalue weighted by Crippen LogP contribution is -2.34. The molecule has 0 saturated heterocycles. The van der Waals surface area contributed by atoms with Crippen molar-refractivity contribution < 1.29 is 9.72 Å². The number of hydrogen-bond acceptors (Lipinski definition) is 4. The lowest BCUT2D eigenvalue weighted by molar-refractivity contribution is -0.385. The van der Waals surface area contributed by atoms with Gasteiger partial charge in [-0.15, -0.1) is 0 Å². The van der Waals surface area contributed by atoms with E-state index in [9.17, 15) is 14.9 Å². The summed E-state index contributed by atoms with van der Waals surface area (Å²) in [6, 6.07) is 12.0. The van der Waals surface area contributed by atoms with Gasteiger partial charge in [0, 0.05) is 22.9 Å². The van der Waals surface area contributed by atoms with Crippen LogP contribution in [0.1, 0.15) is 41.3 Å². The van der Waals surface area contributed by atoms with Gasteiger partial charge in [-0.2, -0.15) is 0 Å².